The molecule has 1 N–H and O–H groups in total. The highest BCUT2D eigenvalue weighted by Crippen LogP contribution is 2.29. The van der Waals surface area contributed by atoms with Crippen LogP contribution in [0.25, 0.3) is 0 Å². The normalized spacial score (nSPS) is 32.5. The molecule has 1 atom stereocenters. The van der Waals surface area contributed by atoms with Gasteiger partial charge in [-0.1, -0.05) is 6.92 Å². The van der Waals surface area contributed by atoms with E-state index in [1.807, 2.05) is 13.8 Å². The predicted octanol–water partition coefficient (Wildman–Crippen LogP) is 0.666. The molecule has 84 valence electrons. The fourth-order valence-electron chi connectivity index (χ4n) is 2.18. The van der Waals surface area contributed by atoms with E-state index in [1.54, 1.807) is 4.90 Å². The Morgan fingerprint density at radius 2 is 2.13 bits per heavy atom. The molecule has 0 aromatic rings. The number of amides is 2. The first-order chi connectivity index (χ1) is 7.07. The molecule has 1 aliphatic heterocycles. The molecule has 2 aliphatic rings. The van der Waals surface area contributed by atoms with Crippen LogP contribution in [0.3, 0.4) is 0 Å². The van der Waals surface area contributed by atoms with Gasteiger partial charge in [0.1, 0.15) is 5.54 Å². The van der Waals surface area contributed by atoms with Crippen LogP contribution in [0, 0.1) is 0 Å². The van der Waals surface area contributed by atoms with Gasteiger partial charge in [-0.2, -0.15) is 0 Å². The highest BCUT2D eigenvalue weighted by atomic mass is 16.2. The molecular weight excluding hydrogens is 192 g/mol. The second-order valence-electron chi connectivity index (χ2n) is 4.75. The lowest BCUT2D eigenvalue weighted by molar-refractivity contribution is -0.153. The van der Waals surface area contributed by atoms with Crippen LogP contribution >= 0.6 is 0 Å². The van der Waals surface area contributed by atoms with E-state index < -0.39 is 5.54 Å². The topological polar surface area (TPSA) is 49.4 Å². The van der Waals surface area contributed by atoms with Gasteiger partial charge in [0.15, 0.2) is 0 Å². The van der Waals surface area contributed by atoms with Crippen molar-refractivity contribution in [1.82, 2.24) is 10.2 Å². The molecule has 2 rings (SSSR count). The van der Waals surface area contributed by atoms with Crippen LogP contribution in [-0.4, -0.2) is 34.8 Å². The number of nitrogens with zero attached hydrogens (tertiary/aromatic N) is 1. The summed E-state index contributed by atoms with van der Waals surface area (Å²) < 4.78 is 0. The maximum Gasteiger partial charge on any atom is 0.248 e. The number of hydrogen-bond donors (Lipinski definition) is 1. The van der Waals surface area contributed by atoms with Crippen LogP contribution < -0.4 is 5.32 Å². The summed E-state index contributed by atoms with van der Waals surface area (Å²) in [6.07, 6.45) is 3.94. The number of carbonyl (C=O) groups excluding carboxylic acids is 2. The summed E-state index contributed by atoms with van der Waals surface area (Å²) in [5.41, 5.74) is -0.676. The molecule has 2 amide bonds. The minimum Gasteiger partial charge on any atom is -0.340 e. The molecular formula is C11H18N2O2. The molecule has 4 heteroatoms. The molecule has 1 saturated heterocycles. The summed E-state index contributed by atoms with van der Waals surface area (Å²) in [6.45, 7) is 4.00. The fraction of sp³-hybridized carbons (Fsp3) is 0.818. The molecule has 15 heavy (non-hydrogen) atoms. The lowest BCUT2D eigenvalue weighted by atomic mass is 9.87. The third-order valence-corrected chi connectivity index (χ3v) is 3.68. The molecule has 4 nitrogen and oxygen atoms in total. The highest BCUT2D eigenvalue weighted by molar-refractivity contribution is 5.97. The number of rotatable bonds is 2. The molecule has 0 aromatic heterocycles. The first kappa shape index (κ1) is 10.5. The molecule has 0 spiro atoms. The van der Waals surface area contributed by atoms with Crippen LogP contribution in [0.4, 0.5) is 0 Å². The second kappa shape index (κ2) is 3.51. The third kappa shape index (κ3) is 1.62. The van der Waals surface area contributed by atoms with Crippen LogP contribution in [0.1, 0.15) is 39.5 Å². The Balaban J connectivity index is 2.17. The zero-order valence-corrected chi connectivity index (χ0v) is 9.38. The molecule has 0 bridgehead atoms. The summed E-state index contributed by atoms with van der Waals surface area (Å²) in [7, 11) is 0. The summed E-state index contributed by atoms with van der Waals surface area (Å²) in [4.78, 5) is 25.5. The van der Waals surface area contributed by atoms with Gasteiger partial charge in [-0.05, 0) is 32.6 Å². The average molecular weight is 210 g/mol. The Morgan fingerprint density at radius 1 is 1.47 bits per heavy atom. The molecule has 2 fully saturated rings. The quantitative estimate of drug-likeness (QED) is 0.728. The lowest BCUT2D eigenvalue weighted by Gasteiger charge is -2.45. The van der Waals surface area contributed by atoms with Crippen molar-refractivity contribution in [3.8, 4) is 0 Å². The smallest absolute Gasteiger partial charge is 0.248 e. The van der Waals surface area contributed by atoms with Gasteiger partial charge in [0.05, 0.1) is 6.54 Å². The monoisotopic (exact) mass is 210 g/mol. The van der Waals surface area contributed by atoms with E-state index in [1.165, 1.54) is 6.42 Å². The van der Waals surface area contributed by atoms with Crippen molar-refractivity contribution in [2.24, 2.45) is 0 Å². The Hall–Kier alpha value is -1.06. The van der Waals surface area contributed by atoms with E-state index in [-0.39, 0.29) is 18.4 Å². The summed E-state index contributed by atoms with van der Waals surface area (Å²) >= 11 is 0. The minimum atomic E-state index is -0.676. The van der Waals surface area contributed by atoms with E-state index in [2.05, 4.69) is 5.32 Å². The average Bonchev–Trinajstić information content (AvgIpc) is 2.10. The van der Waals surface area contributed by atoms with Crippen LogP contribution in [0.2, 0.25) is 0 Å². The molecule has 0 aromatic carbocycles. The number of piperazine rings is 1. The zero-order chi connectivity index (χ0) is 11.1. The van der Waals surface area contributed by atoms with Crippen molar-refractivity contribution in [3.63, 3.8) is 0 Å². The number of carbonyl (C=O) groups is 2. The Kier molecular flexibility index (Phi) is 2.44. The van der Waals surface area contributed by atoms with E-state index in [9.17, 15) is 9.59 Å². The largest absolute Gasteiger partial charge is 0.340 e. The van der Waals surface area contributed by atoms with Crippen molar-refractivity contribution in [2.75, 3.05) is 6.54 Å². The number of hydrogen-bond acceptors (Lipinski definition) is 2. The maximum atomic E-state index is 12.2. The van der Waals surface area contributed by atoms with Crippen molar-refractivity contribution in [3.05, 3.63) is 0 Å². The summed E-state index contributed by atoms with van der Waals surface area (Å²) in [5, 5.41) is 2.80. The Morgan fingerprint density at radius 3 is 2.60 bits per heavy atom. The molecule has 1 heterocycles. The van der Waals surface area contributed by atoms with Crippen molar-refractivity contribution < 1.29 is 9.59 Å². The van der Waals surface area contributed by atoms with E-state index in [0.717, 1.165) is 12.8 Å². The van der Waals surface area contributed by atoms with Crippen LogP contribution in [0.5, 0.6) is 0 Å². The Bertz CT molecular complexity index is 299. The highest BCUT2D eigenvalue weighted by Gasteiger charge is 2.44. The third-order valence-electron chi connectivity index (χ3n) is 3.68. The standard InChI is InChI=1S/C11H18N2O2/c1-3-11(2)10(15)13(7-9(14)12-11)8-5-4-6-8/h8H,3-7H2,1-2H3,(H,12,14). The first-order valence-corrected chi connectivity index (χ1v) is 5.69. The van der Waals surface area contributed by atoms with Crippen molar-refractivity contribution in [1.29, 1.82) is 0 Å². The van der Waals surface area contributed by atoms with Gasteiger partial charge < -0.3 is 10.2 Å². The maximum absolute atomic E-state index is 12.2. The second-order valence-corrected chi connectivity index (χ2v) is 4.75. The Labute approximate surface area is 90.0 Å². The summed E-state index contributed by atoms with van der Waals surface area (Å²) in [6, 6.07) is 0.314. The van der Waals surface area contributed by atoms with Gasteiger partial charge in [-0.25, -0.2) is 0 Å². The fourth-order valence-corrected chi connectivity index (χ4v) is 2.18. The molecule has 0 radical (unpaired) electrons. The van der Waals surface area contributed by atoms with Gasteiger partial charge in [0, 0.05) is 6.04 Å². The predicted molar refractivity (Wildman–Crippen MR) is 56.2 cm³/mol. The van der Waals surface area contributed by atoms with E-state index in [0.29, 0.717) is 12.5 Å². The van der Waals surface area contributed by atoms with E-state index in [4.69, 9.17) is 0 Å². The van der Waals surface area contributed by atoms with Gasteiger partial charge in [-0.3, -0.25) is 9.59 Å². The minimum absolute atomic E-state index is 0.0224. The van der Waals surface area contributed by atoms with Crippen molar-refractivity contribution >= 4 is 11.8 Å². The van der Waals surface area contributed by atoms with Gasteiger partial charge >= 0.3 is 0 Å². The van der Waals surface area contributed by atoms with Gasteiger partial charge in [-0.15, -0.1) is 0 Å². The zero-order valence-electron chi connectivity index (χ0n) is 9.38. The summed E-state index contributed by atoms with van der Waals surface area (Å²) in [5.74, 6) is 0.0696. The number of nitrogens with one attached hydrogen (secondary N) is 1. The molecule has 1 aliphatic carbocycles. The molecule has 1 unspecified atom stereocenters. The van der Waals surface area contributed by atoms with Gasteiger partial charge in [0.2, 0.25) is 11.8 Å². The first-order valence-electron chi connectivity index (χ1n) is 5.69. The van der Waals surface area contributed by atoms with Crippen molar-refractivity contribution in [2.45, 2.75) is 51.1 Å². The van der Waals surface area contributed by atoms with E-state index >= 15 is 0 Å². The van der Waals surface area contributed by atoms with Crippen LogP contribution in [0.15, 0.2) is 0 Å². The van der Waals surface area contributed by atoms with Crippen LogP contribution in [-0.2, 0) is 9.59 Å². The SMILES string of the molecule is CCC1(C)NC(=O)CN(C2CCC2)C1=O. The van der Waals surface area contributed by atoms with Gasteiger partial charge in [0.25, 0.3) is 0 Å². The lowest BCUT2D eigenvalue weighted by Crippen LogP contribution is -2.67. The molecule has 1 saturated carbocycles.